The zero-order chi connectivity index (χ0) is 12.1. The predicted octanol–water partition coefficient (Wildman–Crippen LogP) is 0.418. The molecule has 1 aromatic carbocycles. The molecule has 0 atom stereocenters. The standard InChI is InChI=1S/C12H12O4.2Na.2H/c1-8(11(13)14)10(12(15)16)7-9-5-3-2-4-6-9;;;;/h2-6H,7H2,1H3,(H,13,14)(H,15,16);;;;/b10-8-;;;;. The predicted molar refractivity (Wildman–Crippen MR) is 72.4 cm³/mol. The van der Waals surface area contributed by atoms with E-state index in [0.717, 1.165) is 5.56 Å². The Morgan fingerprint density at radius 1 is 1.00 bits per heavy atom. The molecule has 0 spiro atoms. The van der Waals surface area contributed by atoms with Crippen molar-refractivity contribution in [3.8, 4) is 0 Å². The molecule has 2 N–H and O–H groups in total. The van der Waals surface area contributed by atoms with Crippen molar-refractivity contribution in [1.29, 1.82) is 0 Å². The first-order valence-corrected chi connectivity index (χ1v) is 4.72. The number of hydrogen-bond acceptors (Lipinski definition) is 2. The van der Waals surface area contributed by atoms with Crippen LogP contribution in [0.15, 0.2) is 41.5 Å². The fraction of sp³-hybridized carbons (Fsp3) is 0.167. The summed E-state index contributed by atoms with van der Waals surface area (Å²) in [5, 5.41) is 17.7. The summed E-state index contributed by atoms with van der Waals surface area (Å²) in [6, 6.07) is 8.91. The van der Waals surface area contributed by atoms with Crippen LogP contribution in [0, 0.1) is 0 Å². The minimum atomic E-state index is -1.20. The number of aliphatic carboxylic acids is 2. The van der Waals surface area contributed by atoms with Crippen molar-refractivity contribution in [2.45, 2.75) is 13.3 Å². The normalized spacial score (nSPS) is 10.5. The molecule has 0 fully saturated rings. The van der Waals surface area contributed by atoms with Crippen LogP contribution in [-0.4, -0.2) is 81.3 Å². The Morgan fingerprint density at radius 2 is 1.50 bits per heavy atom. The summed E-state index contributed by atoms with van der Waals surface area (Å²) in [6.45, 7) is 1.30. The second-order valence-corrected chi connectivity index (χ2v) is 3.38. The molecule has 1 aromatic rings. The molecule has 0 radical (unpaired) electrons. The van der Waals surface area contributed by atoms with E-state index in [2.05, 4.69) is 0 Å². The molecule has 0 aliphatic heterocycles. The van der Waals surface area contributed by atoms with E-state index in [1.807, 2.05) is 6.07 Å². The van der Waals surface area contributed by atoms with E-state index in [4.69, 9.17) is 10.2 Å². The first-order chi connectivity index (χ1) is 7.52. The van der Waals surface area contributed by atoms with Crippen LogP contribution < -0.4 is 0 Å². The molecule has 0 heterocycles. The molecular formula is C12H14Na2O4. The SMILES string of the molecule is C/C(C(=O)O)=C(\Cc1ccccc1)C(=O)O.[NaH].[NaH]. The summed E-state index contributed by atoms with van der Waals surface area (Å²) in [6.07, 6.45) is 0.119. The van der Waals surface area contributed by atoms with E-state index < -0.39 is 11.9 Å². The van der Waals surface area contributed by atoms with Crippen molar-refractivity contribution in [3.63, 3.8) is 0 Å². The Hall–Kier alpha value is -0.1000. The summed E-state index contributed by atoms with van der Waals surface area (Å²) < 4.78 is 0. The number of carboxylic acid groups (broad SMARTS) is 2. The summed E-state index contributed by atoms with van der Waals surface area (Å²) in [4.78, 5) is 21.6. The van der Waals surface area contributed by atoms with Crippen LogP contribution in [0.2, 0.25) is 0 Å². The van der Waals surface area contributed by atoms with Gasteiger partial charge < -0.3 is 10.2 Å². The van der Waals surface area contributed by atoms with Crippen LogP contribution >= 0.6 is 0 Å². The molecular weight excluding hydrogens is 254 g/mol. The molecule has 4 nitrogen and oxygen atoms in total. The van der Waals surface area contributed by atoms with Crippen molar-refractivity contribution in [1.82, 2.24) is 0 Å². The zero-order valence-electron chi connectivity index (χ0n) is 8.80. The number of benzene rings is 1. The van der Waals surface area contributed by atoms with Crippen LogP contribution in [0.4, 0.5) is 0 Å². The maximum atomic E-state index is 10.9. The maximum absolute atomic E-state index is 10.9. The average molecular weight is 268 g/mol. The summed E-state index contributed by atoms with van der Waals surface area (Å²) in [7, 11) is 0. The summed E-state index contributed by atoms with van der Waals surface area (Å²) in [5.74, 6) is -2.39. The van der Waals surface area contributed by atoms with Gasteiger partial charge in [-0.25, -0.2) is 9.59 Å². The van der Waals surface area contributed by atoms with Crippen molar-refractivity contribution in [2.24, 2.45) is 0 Å². The van der Waals surface area contributed by atoms with E-state index in [-0.39, 0.29) is 76.7 Å². The van der Waals surface area contributed by atoms with E-state index in [0.29, 0.717) is 0 Å². The second-order valence-electron chi connectivity index (χ2n) is 3.38. The molecule has 88 valence electrons. The molecule has 0 aliphatic rings. The van der Waals surface area contributed by atoms with Crippen LogP contribution in [-0.2, 0) is 16.0 Å². The molecule has 0 saturated heterocycles. The molecule has 0 unspecified atom stereocenters. The molecule has 1 rings (SSSR count). The fourth-order valence-corrected chi connectivity index (χ4v) is 1.30. The monoisotopic (exact) mass is 268 g/mol. The fourth-order valence-electron chi connectivity index (χ4n) is 1.30. The Bertz CT molecular complexity index is 441. The second kappa shape index (κ2) is 9.78. The molecule has 18 heavy (non-hydrogen) atoms. The Kier molecular flexibility index (Phi) is 11.0. The van der Waals surface area contributed by atoms with Gasteiger partial charge in [-0.3, -0.25) is 0 Å². The van der Waals surface area contributed by atoms with Crippen LogP contribution in [0.25, 0.3) is 0 Å². The van der Waals surface area contributed by atoms with Gasteiger partial charge >= 0.3 is 71.1 Å². The van der Waals surface area contributed by atoms with E-state index in [9.17, 15) is 9.59 Å². The van der Waals surface area contributed by atoms with Gasteiger partial charge in [-0.15, -0.1) is 0 Å². The van der Waals surface area contributed by atoms with Crippen LogP contribution in [0.3, 0.4) is 0 Å². The van der Waals surface area contributed by atoms with Gasteiger partial charge in [0.25, 0.3) is 0 Å². The minimum absolute atomic E-state index is 0. The molecule has 6 heteroatoms. The first-order valence-electron chi connectivity index (χ1n) is 4.72. The first kappa shape index (κ1) is 20.2. The van der Waals surface area contributed by atoms with Gasteiger partial charge in [0.05, 0.1) is 5.57 Å². The van der Waals surface area contributed by atoms with Crippen molar-refractivity contribution < 1.29 is 19.8 Å². The van der Waals surface area contributed by atoms with Gasteiger partial charge in [0, 0.05) is 12.0 Å². The van der Waals surface area contributed by atoms with Crippen molar-refractivity contribution >= 4 is 71.1 Å². The summed E-state index contributed by atoms with van der Waals surface area (Å²) in [5.41, 5.74) is 0.565. The average Bonchev–Trinajstić information content (AvgIpc) is 2.26. The topological polar surface area (TPSA) is 74.6 Å². The quantitative estimate of drug-likeness (QED) is 0.613. The Labute approximate surface area is 150 Å². The molecule has 0 amide bonds. The van der Waals surface area contributed by atoms with Gasteiger partial charge in [-0.05, 0) is 12.5 Å². The third kappa shape index (κ3) is 6.18. The van der Waals surface area contributed by atoms with Crippen LogP contribution in [0.1, 0.15) is 12.5 Å². The van der Waals surface area contributed by atoms with Gasteiger partial charge in [0.15, 0.2) is 0 Å². The van der Waals surface area contributed by atoms with Gasteiger partial charge in [0.2, 0.25) is 0 Å². The zero-order valence-corrected chi connectivity index (χ0v) is 8.80. The number of carbonyl (C=O) groups is 2. The molecule has 0 bridgehead atoms. The molecule has 0 aliphatic carbocycles. The number of carboxylic acids is 2. The van der Waals surface area contributed by atoms with E-state index in [1.165, 1.54) is 6.92 Å². The molecule has 0 aromatic heterocycles. The molecule has 0 saturated carbocycles. The third-order valence-corrected chi connectivity index (χ3v) is 2.26. The number of rotatable bonds is 4. The Balaban J connectivity index is 0. The van der Waals surface area contributed by atoms with Crippen LogP contribution in [0.5, 0.6) is 0 Å². The summed E-state index contributed by atoms with van der Waals surface area (Å²) >= 11 is 0. The Morgan fingerprint density at radius 3 is 1.89 bits per heavy atom. The van der Waals surface area contributed by atoms with Gasteiger partial charge in [-0.1, -0.05) is 30.3 Å². The van der Waals surface area contributed by atoms with E-state index >= 15 is 0 Å². The van der Waals surface area contributed by atoms with Crippen molar-refractivity contribution in [2.75, 3.05) is 0 Å². The van der Waals surface area contributed by atoms with E-state index in [1.54, 1.807) is 24.3 Å². The van der Waals surface area contributed by atoms with Gasteiger partial charge in [0.1, 0.15) is 0 Å². The van der Waals surface area contributed by atoms with Crippen molar-refractivity contribution in [3.05, 3.63) is 47.0 Å². The third-order valence-electron chi connectivity index (χ3n) is 2.26. The number of hydrogen-bond donors (Lipinski definition) is 2. The van der Waals surface area contributed by atoms with Gasteiger partial charge in [-0.2, -0.15) is 0 Å².